The van der Waals surface area contributed by atoms with E-state index in [0.717, 1.165) is 19.0 Å². The minimum atomic E-state index is 0.720. The van der Waals surface area contributed by atoms with Gasteiger partial charge < -0.3 is 10.6 Å². The lowest BCUT2D eigenvalue weighted by atomic mass is 9.94. The van der Waals surface area contributed by atoms with E-state index in [1.807, 2.05) is 0 Å². The Hall–Kier alpha value is -0.860. The Morgan fingerprint density at radius 3 is 2.93 bits per heavy atom. The van der Waals surface area contributed by atoms with Crippen LogP contribution in [0, 0.1) is 6.92 Å². The van der Waals surface area contributed by atoms with Crippen LogP contribution in [0.3, 0.4) is 0 Å². The second-order valence-electron chi connectivity index (χ2n) is 4.43. The molecule has 0 radical (unpaired) electrons. The second-order valence-corrected chi connectivity index (χ2v) is 4.43. The molecular formula is C13H20N2. The maximum atomic E-state index is 5.58. The van der Waals surface area contributed by atoms with E-state index in [1.165, 1.54) is 30.6 Å². The van der Waals surface area contributed by atoms with E-state index < -0.39 is 0 Å². The summed E-state index contributed by atoms with van der Waals surface area (Å²) in [5.41, 5.74) is 8.53. The summed E-state index contributed by atoms with van der Waals surface area (Å²) in [5, 5.41) is 0. The van der Waals surface area contributed by atoms with Crippen LogP contribution >= 0.6 is 0 Å². The summed E-state index contributed by atoms with van der Waals surface area (Å²) < 4.78 is 0. The number of hydrogen-bond acceptors (Lipinski definition) is 2. The molecule has 0 saturated carbocycles. The molecule has 0 aromatic heterocycles. The smallest absolute Gasteiger partial charge is 0.0105 e. The van der Waals surface area contributed by atoms with Crippen LogP contribution in [0.1, 0.15) is 23.5 Å². The van der Waals surface area contributed by atoms with Gasteiger partial charge in [-0.1, -0.05) is 24.3 Å². The van der Waals surface area contributed by atoms with Crippen molar-refractivity contribution in [1.82, 2.24) is 4.90 Å². The second kappa shape index (κ2) is 4.77. The number of rotatable bonds is 3. The highest BCUT2D eigenvalue weighted by Gasteiger charge is 2.23. The summed E-state index contributed by atoms with van der Waals surface area (Å²) in [6.45, 7) is 6.42. The number of nitrogens with zero attached hydrogens (tertiary/aromatic N) is 1. The van der Waals surface area contributed by atoms with Gasteiger partial charge in [-0.15, -0.1) is 0 Å². The molecule has 0 spiro atoms. The molecule has 2 rings (SSSR count). The van der Waals surface area contributed by atoms with Gasteiger partial charge >= 0.3 is 0 Å². The summed E-state index contributed by atoms with van der Waals surface area (Å²) in [6.07, 6.45) is 1.28. The van der Waals surface area contributed by atoms with E-state index in [4.69, 9.17) is 5.73 Å². The van der Waals surface area contributed by atoms with Crippen molar-refractivity contribution in [3.63, 3.8) is 0 Å². The van der Waals surface area contributed by atoms with Gasteiger partial charge in [0.1, 0.15) is 0 Å². The minimum Gasteiger partial charge on any atom is -0.329 e. The van der Waals surface area contributed by atoms with Crippen molar-refractivity contribution in [3.05, 3.63) is 35.4 Å². The molecule has 0 aliphatic carbocycles. The Balaban J connectivity index is 2.04. The van der Waals surface area contributed by atoms with Gasteiger partial charge in [-0.3, -0.25) is 0 Å². The SMILES string of the molecule is Cc1ccccc1[C@H]1CCN(CCN)C1. The fourth-order valence-electron chi connectivity index (χ4n) is 2.52. The third-order valence-corrected chi connectivity index (χ3v) is 3.35. The van der Waals surface area contributed by atoms with Crippen LogP contribution in [0.4, 0.5) is 0 Å². The van der Waals surface area contributed by atoms with Crippen LogP contribution in [0.25, 0.3) is 0 Å². The van der Waals surface area contributed by atoms with Crippen molar-refractivity contribution >= 4 is 0 Å². The molecule has 82 valence electrons. The largest absolute Gasteiger partial charge is 0.329 e. The summed E-state index contributed by atoms with van der Waals surface area (Å²) in [4.78, 5) is 2.47. The Kier molecular flexibility index (Phi) is 3.39. The van der Waals surface area contributed by atoms with Crippen LogP contribution in [-0.2, 0) is 0 Å². The van der Waals surface area contributed by atoms with E-state index in [-0.39, 0.29) is 0 Å². The Labute approximate surface area is 92.1 Å². The Bertz CT molecular complexity index is 322. The number of likely N-dealkylation sites (tertiary alicyclic amines) is 1. The van der Waals surface area contributed by atoms with Gasteiger partial charge in [0, 0.05) is 19.6 Å². The van der Waals surface area contributed by atoms with Crippen molar-refractivity contribution in [1.29, 1.82) is 0 Å². The molecule has 1 fully saturated rings. The summed E-state index contributed by atoms with van der Waals surface area (Å²) in [7, 11) is 0. The lowest BCUT2D eigenvalue weighted by Crippen LogP contribution is -2.27. The van der Waals surface area contributed by atoms with E-state index in [9.17, 15) is 0 Å². The van der Waals surface area contributed by atoms with E-state index >= 15 is 0 Å². The predicted molar refractivity (Wildman–Crippen MR) is 64.0 cm³/mol. The molecule has 1 saturated heterocycles. The van der Waals surface area contributed by atoms with Crippen molar-refractivity contribution < 1.29 is 0 Å². The molecule has 2 N–H and O–H groups in total. The van der Waals surface area contributed by atoms with Crippen LogP contribution in [-0.4, -0.2) is 31.1 Å². The molecule has 1 aliphatic heterocycles. The van der Waals surface area contributed by atoms with Crippen LogP contribution in [0.2, 0.25) is 0 Å². The molecule has 1 aliphatic rings. The molecular weight excluding hydrogens is 184 g/mol. The van der Waals surface area contributed by atoms with Crippen molar-refractivity contribution in [2.45, 2.75) is 19.3 Å². The topological polar surface area (TPSA) is 29.3 Å². The van der Waals surface area contributed by atoms with E-state index in [0.29, 0.717) is 0 Å². The minimum absolute atomic E-state index is 0.720. The van der Waals surface area contributed by atoms with Crippen molar-refractivity contribution in [2.75, 3.05) is 26.2 Å². The van der Waals surface area contributed by atoms with E-state index in [2.05, 4.69) is 36.1 Å². The molecule has 1 aromatic rings. The van der Waals surface area contributed by atoms with Crippen molar-refractivity contribution in [3.8, 4) is 0 Å². The molecule has 0 amide bonds. The summed E-state index contributed by atoms with van der Waals surface area (Å²) >= 11 is 0. The van der Waals surface area contributed by atoms with Crippen LogP contribution in [0.15, 0.2) is 24.3 Å². The quantitative estimate of drug-likeness (QED) is 0.812. The zero-order valence-corrected chi connectivity index (χ0v) is 9.45. The molecule has 2 nitrogen and oxygen atoms in total. The number of benzene rings is 1. The van der Waals surface area contributed by atoms with Gasteiger partial charge in [-0.05, 0) is 36.9 Å². The first kappa shape index (κ1) is 10.7. The molecule has 1 heterocycles. The standard InChI is InChI=1S/C13H20N2/c1-11-4-2-3-5-13(11)12-6-8-15(10-12)9-7-14/h2-5,12H,6-10,14H2,1H3/t12-/m0/s1. The molecule has 1 aromatic carbocycles. The number of nitrogens with two attached hydrogens (primary N) is 1. The fraction of sp³-hybridized carbons (Fsp3) is 0.538. The molecule has 0 unspecified atom stereocenters. The van der Waals surface area contributed by atoms with Gasteiger partial charge in [0.15, 0.2) is 0 Å². The fourth-order valence-corrected chi connectivity index (χ4v) is 2.52. The third kappa shape index (κ3) is 2.39. The molecule has 15 heavy (non-hydrogen) atoms. The maximum absolute atomic E-state index is 5.58. The van der Waals surface area contributed by atoms with Gasteiger partial charge in [0.2, 0.25) is 0 Å². The lowest BCUT2D eigenvalue weighted by molar-refractivity contribution is 0.344. The van der Waals surface area contributed by atoms with Gasteiger partial charge in [-0.2, -0.15) is 0 Å². The molecule has 1 atom stereocenters. The van der Waals surface area contributed by atoms with Crippen LogP contribution in [0.5, 0.6) is 0 Å². The zero-order valence-electron chi connectivity index (χ0n) is 9.45. The van der Waals surface area contributed by atoms with Crippen LogP contribution < -0.4 is 5.73 Å². The highest BCUT2D eigenvalue weighted by Crippen LogP contribution is 2.28. The maximum Gasteiger partial charge on any atom is 0.0105 e. The Morgan fingerprint density at radius 2 is 2.20 bits per heavy atom. The first-order valence-electron chi connectivity index (χ1n) is 5.79. The predicted octanol–water partition coefficient (Wildman–Crippen LogP) is 1.74. The van der Waals surface area contributed by atoms with Gasteiger partial charge in [0.25, 0.3) is 0 Å². The molecule has 0 bridgehead atoms. The zero-order chi connectivity index (χ0) is 10.7. The number of aryl methyl sites for hydroxylation is 1. The average Bonchev–Trinajstić information content (AvgIpc) is 2.68. The van der Waals surface area contributed by atoms with Gasteiger partial charge in [0.05, 0.1) is 0 Å². The Morgan fingerprint density at radius 1 is 1.40 bits per heavy atom. The third-order valence-electron chi connectivity index (χ3n) is 3.35. The monoisotopic (exact) mass is 204 g/mol. The highest BCUT2D eigenvalue weighted by molar-refractivity contribution is 5.30. The molecule has 2 heteroatoms. The normalized spacial score (nSPS) is 22.1. The van der Waals surface area contributed by atoms with E-state index in [1.54, 1.807) is 0 Å². The highest BCUT2D eigenvalue weighted by atomic mass is 15.1. The summed E-state index contributed by atoms with van der Waals surface area (Å²) in [6, 6.07) is 8.74. The number of hydrogen-bond donors (Lipinski definition) is 1. The van der Waals surface area contributed by atoms with Gasteiger partial charge in [-0.25, -0.2) is 0 Å². The van der Waals surface area contributed by atoms with Crippen molar-refractivity contribution in [2.24, 2.45) is 5.73 Å². The average molecular weight is 204 g/mol. The summed E-state index contributed by atoms with van der Waals surface area (Å²) in [5.74, 6) is 0.720. The first-order valence-corrected chi connectivity index (χ1v) is 5.79. The lowest BCUT2D eigenvalue weighted by Gasteiger charge is -2.16. The first-order chi connectivity index (χ1) is 7.31.